The summed E-state index contributed by atoms with van der Waals surface area (Å²) in [5, 5.41) is 3.13. The average Bonchev–Trinajstić information content (AvgIpc) is 2.60. The maximum Gasteiger partial charge on any atom is 0.220 e. The lowest BCUT2D eigenvalue weighted by Crippen LogP contribution is -2.27. The van der Waals surface area contributed by atoms with Gasteiger partial charge in [0.25, 0.3) is 0 Å². The van der Waals surface area contributed by atoms with E-state index in [2.05, 4.69) is 42.6 Å². The van der Waals surface area contributed by atoms with Gasteiger partial charge in [0.15, 0.2) is 0 Å². The van der Waals surface area contributed by atoms with Crippen molar-refractivity contribution in [2.45, 2.75) is 51.5 Å². The van der Waals surface area contributed by atoms with Crippen molar-refractivity contribution in [2.24, 2.45) is 0 Å². The predicted molar refractivity (Wildman–Crippen MR) is 94.4 cm³/mol. The Bertz CT molecular complexity index is 663. The van der Waals surface area contributed by atoms with Crippen LogP contribution < -0.4 is 5.32 Å². The summed E-state index contributed by atoms with van der Waals surface area (Å²) in [4.78, 5) is 12.2. The van der Waals surface area contributed by atoms with Crippen LogP contribution in [0.2, 0.25) is 0 Å². The highest BCUT2D eigenvalue weighted by Gasteiger charge is 2.14. The van der Waals surface area contributed by atoms with E-state index in [0.29, 0.717) is 6.42 Å². The molecule has 23 heavy (non-hydrogen) atoms. The molecule has 0 fully saturated rings. The lowest BCUT2D eigenvalue weighted by molar-refractivity contribution is -0.121. The number of amides is 1. The monoisotopic (exact) mass is 307 g/mol. The van der Waals surface area contributed by atoms with E-state index in [9.17, 15) is 4.79 Å². The highest BCUT2D eigenvalue weighted by Crippen LogP contribution is 2.24. The molecule has 2 heteroatoms. The lowest BCUT2D eigenvalue weighted by atomic mass is 9.89. The number of carbonyl (C=O) groups is 1. The van der Waals surface area contributed by atoms with Crippen LogP contribution >= 0.6 is 0 Å². The van der Waals surface area contributed by atoms with Crippen molar-refractivity contribution in [1.29, 1.82) is 0 Å². The Kier molecular flexibility index (Phi) is 5.12. The molecule has 1 aliphatic carbocycles. The van der Waals surface area contributed by atoms with E-state index < -0.39 is 0 Å². The minimum Gasteiger partial charge on any atom is -0.350 e. The minimum absolute atomic E-state index is 0.0745. The standard InChI is InChI=1S/C21H25NO/c1-16(19-13-12-18-9-5-6-10-20(18)15-19)22-21(23)14-11-17-7-3-2-4-8-17/h2-4,7-8,12-13,15-16H,5-6,9-11,14H2,1H3,(H,22,23)/t16-/m1/s1. The van der Waals surface area contributed by atoms with Gasteiger partial charge in [-0.15, -0.1) is 0 Å². The maximum absolute atomic E-state index is 12.2. The second kappa shape index (κ2) is 7.45. The summed E-state index contributed by atoms with van der Waals surface area (Å²) in [6, 6.07) is 17.0. The van der Waals surface area contributed by atoms with Gasteiger partial charge >= 0.3 is 0 Å². The summed E-state index contributed by atoms with van der Waals surface area (Å²) in [5.41, 5.74) is 5.39. The summed E-state index contributed by atoms with van der Waals surface area (Å²) in [6.07, 6.45) is 6.31. The molecule has 120 valence electrons. The summed E-state index contributed by atoms with van der Waals surface area (Å²) in [7, 11) is 0. The van der Waals surface area contributed by atoms with E-state index in [4.69, 9.17) is 0 Å². The van der Waals surface area contributed by atoms with Gasteiger partial charge in [-0.3, -0.25) is 4.79 Å². The Morgan fingerprint density at radius 1 is 1.04 bits per heavy atom. The van der Waals surface area contributed by atoms with Gasteiger partial charge in [-0.2, -0.15) is 0 Å². The Labute approximate surface area is 138 Å². The largest absolute Gasteiger partial charge is 0.350 e. The summed E-state index contributed by atoms with van der Waals surface area (Å²) in [6.45, 7) is 2.07. The van der Waals surface area contributed by atoms with Crippen molar-refractivity contribution < 1.29 is 4.79 Å². The van der Waals surface area contributed by atoms with Crippen molar-refractivity contribution in [3.63, 3.8) is 0 Å². The fourth-order valence-electron chi connectivity index (χ4n) is 3.32. The number of hydrogen-bond donors (Lipinski definition) is 1. The molecule has 1 aliphatic rings. The van der Waals surface area contributed by atoms with Crippen LogP contribution in [0.1, 0.15) is 54.5 Å². The zero-order valence-electron chi connectivity index (χ0n) is 13.8. The highest BCUT2D eigenvalue weighted by atomic mass is 16.1. The van der Waals surface area contributed by atoms with Crippen LogP contribution in [0.4, 0.5) is 0 Å². The van der Waals surface area contributed by atoms with Crippen molar-refractivity contribution in [3.05, 3.63) is 70.8 Å². The molecule has 0 bridgehead atoms. The number of aryl methyl sites for hydroxylation is 3. The quantitative estimate of drug-likeness (QED) is 0.873. The number of benzene rings is 2. The molecule has 2 aromatic rings. The van der Waals surface area contributed by atoms with Gasteiger partial charge in [-0.1, -0.05) is 48.5 Å². The molecule has 0 aliphatic heterocycles. The Morgan fingerprint density at radius 3 is 2.57 bits per heavy atom. The van der Waals surface area contributed by atoms with E-state index in [-0.39, 0.29) is 11.9 Å². The van der Waals surface area contributed by atoms with Crippen LogP contribution in [-0.4, -0.2) is 5.91 Å². The molecule has 1 N–H and O–H groups in total. The van der Waals surface area contributed by atoms with E-state index in [0.717, 1.165) is 6.42 Å². The van der Waals surface area contributed by atoms with Crippen LogP contribution in [0.3, 0.4) is 0 Å². The Morgan fingerprint density at radius 2 is 1.78 bits per heavy atom. The average molecular weight is 307 g/mol. The van der Waals surface area contributed by atoms with Crippen LogP contribution in [0, 0.1) is 0 Å². The number of rotatable bonds is 5. The molecule has 2 aromatic carbocycles. The number of nitrogens with one attached hydrogen (secondary N) is 1. The van der Waals surface area contributed by atoms with E-state index in [1.54, 1.807) is 0 Å². The molecule has 0 heterocycles. The van der Waals surface area contributed by atoms with Crippen LogP contribution in [0.25, 0.3) is 0 Å². The number of fused-ring (bicyclic) bond motifs is 1. The SMILES string of the molecule is C[C@@H](NC(=O)CCc1ccccc1)c1ccc2c(c1)CCCC2. The van der Waals surface area contributed by atoms with Crippen LogP contribution in [-0.2, 0) is 24.1 Å². The van der Waals surface area contributed by atoms with Gasteiger partial charge in [0.1, 0.15) is 0 Å². The Hall–Kier alpha value is -2.09. The van der Waals surface area contributed by atoms with Gasteiger partial charge in [-0.25, -0.2) is 0 Å². The van der Waals surface area contributed by atoms with Crippen molar-refractivity contribution in [3.8, 4) is 0 Å². The van der Waals surface area contributed by atoms with Crippen molar-refractivity contribution in [2.75, 3.05) is 0 Å². The summed E-state index contributed by atoms with van der Waals surface area (Å²) < 4.78 is 0. The first-order valence-electron chi connectivity index (χ1n) is 8.67. The molecule has 0 saturated heterocycles. The zero-order chi connectivity index (χ0) is 16.1. The van der Waals surface area contributed by atoms with Gasteiger partial charge in [0.2, 0.25) is 5.91 Å². The fourth-order valence-corrected chi connectivity index (χ4v) is 3.32. The summed E-state index contributed by atoms with van der Waals surface area (Å²) >= 11 is 0. The molecular weight excluding hydrogens is 282 g/mol. The first kappa shape index (κ1) is 15.8. The molecule has 0 unspecified atom stereocenters. The maximum atomic E-state index is 12.2. The molecule has 3 rings (SSSR count). The predicted octanol–water partition coefficient (Wildman–Crippen LogP) is 4.38. The molecular formula is C21H25NO. The molecule has 2 nitrogen and oxygen atoms in total. The fraction of sp³-hybridized carbons (Fsp3) is 0.381. The molecule has 0 spiro atoms. The first-order chi connectivity index (χ1) is 11.2. The van der Waals surface area contributed by atoms with Gasteiger partial charge in [0, 0.05) is 6.42 Å². The third-order valence-electron chi connectivity index (χ3n) is 4.73. The van der Waals surface area contributed by atoms with Gasteiger partial charge in [0.05, 0.1) is 6.04 Å². The van der Waals surface area contributed by atoms with Crippen molar-refractivity contribution >= 4 is 5.91 Å². The second-order valence-corrected chi connectivity index (χ2v) is 6.51. The third kappa shape index (κ3) is 4.22. The van der Waals surface area contributed by atoms with Gasteiger partial charge < -0.3 is 5.32 Å². The summed E-state index contributed by atoms with van der Waals surface area (Å²) in [5.74, 6) is 0.124. The van der Waals surface area contributed by atoms with Crippen LogP contribution in [0.5, 0.6) is 0 Å². The smallest absolute Gasteiger partial charge is 0.220 e. The normalized spacial score (nSPS) is 14.8. The molecule has 0 aromatic heterocycles. The van der Waals surface area contributed by atoms with E-state index in [1.807, 2.05) is 18.2 Å². The number of hydrogen-bond acceptors (Lipinski definition) is 1. The second-order valence-electron chi connectivity index (χ2n) is 6.51. The Balaban J connectivity index is 1.56. The van der Waals surface area contributed by atoms with Gasteiger partial charge in [-0.05, 0) is 61.3 Å². The number of carbonyl (C=O) groups excluding carboxylic acids is 1. The topological polar surface area (TPSA) is 29.1 Å². The van der Waals surface area contributed by atoms with Crippen molar-refractivity contribution in [1.82, 2.24) is 5.32 Å². The lowest BCUT2D eigenvalue weighted by Gasteiger charge is -2.20. The zero-order valence-corrected chi connectivity index (χ0v) is 13.8. The molecule has 1 amide bonds. The third-order valence-corrected chi connectivity index (χ3v) is 4.73. The molecule has 1 atom stereocenters. The minimum atomic E-state index is 0.0745. The molecule has 0 saturated carbocycles. The van der Waals surface area contributed by atoms with E-state index in [1.165, 1.54) is 47.9 Å². The molecule has 0 radical (unpaired) electrons. The van der Waals surface area contributed by atoms with E-state index >= 15 is 0 Å². The highest BCUT2D eigenvalue weighted by molar-refractivity contribution is 5.76. The first-order valence-corrected chi connectivity index (χ1v) is 8.67. The van der Waals surface area contributed by atoms with Crippen LogP contribution in [0.15, 0.2) is 48.5 Å².